The molecule has 0 radical (unpaired) electrons. The molecule has 3 aromatic rings. The van der Waals surface area contributed by atoms with E-state index in [0.29, 0.717) is 11.4 Å². The number of pyridine rings is 1. The van der Waals surface area contributed by atoms with Crippen LogP contribution < -0.4 is 16.4 Å². The minimum atomic E-state index is -0.937. The Hall–Kier alpha value is -3.71. The van der Waals surface area contributed by atoms with Crippen molar-refractivity contribution < 1.29 is 14.3 Å². The van der Waals surface area contributed by atoms with Gasteiger partial charge >= 0.3 is 6.09 Å². The monoisotopic (exact) mass is 404 g/mol. The van der Waals surface area contributed by atoms with Gasteiger partial charge in [-0.1, -0.05) is 60.7 Å². The Morgan fingerprint density at radius 2 is 1.57 bits per heavy atom. The number of hydrogen-bond donors (Lipinski definition) is 3. The summed E-state index contributed by atoms with van der Waals surface area (Å²) >= 11 is 0. The van der Waals surface area contributed by atoms with E-state index in [1.807, 2.05) is 60.7 Å². The third-order valence-electron chi connectivity index (χ3n) is 4.73. The summed E-state index contributed by atoms with van der Waals surface area (Å²) < 4.78 is 4.79. The Bertz CT molecular complexity index is 941. The summed E-state index contributed by atoms with van der Waals surface area (Å²) in [6.07, 6.45) is 0.913. The van der Waals surface area contributed by atoms with Crippen molar-refractivity contribution in [1.82, 2.24) is 10.3 Å². The molecule has 3 rings (SSSR count). The molecule has 0 fully saturated rings. The highest BCUT2D eigenvalue weighted by atomic mass is 16.5. The van der Waals surface area contributed by atoms with Crippen LogP contribution in [0.5, 0.6) is 0 Å². The fraction of sp³-hybridized carbons (Fsp3) is 0.174. The van der Waals surface area contributed by atoms with Gasteiger partial charge in [-0.15, -0.1) is 0 Å². The molecule has 1 aromatic heterocycles. The van der Waals surface area contributed by atoms with Crippen molar-refractivity contribution in [3.05, 3.63) is 95.8 Å². The first-order valence-electron chi connectivity index (χ1n) is 9.53. The molecule has 0 spiro atoms. The second-order valence-corrected chi connectivity index (χ2v) is 6.60. The van der Waals surface area contributed by atoms with Crippen molar-refractivity contribution in [3.63, 3.8) is 0 Å². The minimum Gasteiger partial charge on any atom is -0.453 e. The number of nitrogens with one attached hydrogen (secondary N) is 2. The molecular weight excluding hydrogens is 380 g/mol. The number of methoxy groups -OCH3 is 1. The zero-order valence-corrected chi connectivity index (χ0v) is 16.6. The molecule has 0 bridgehead atoms. The van der Waals surface area contributed by atoms with Crippen LogP contribution in [0, 0.1) is 0 Å². The minimum absolute atomic E-state index is 0.173. The number of nitrogens with zero attached hydrogens (tertiary/aromatic N) is 1. The summed E-state index contributed by atoms with van der Waals surface area (Å²) in [6, 6.07) is 21.6. The number of alkyl carbamates (subject to hydrolysis) is 1. The number of carbonyl (C=O) groups is 2. The molecule has 7 nitrogen and oxygen atoms in total. The second-order valence-electron chi connectivity index (χ2n) is 6.60. The van der Waals surface area contributed by atoms with Gasteiger partial charge in [0.05, 0.1) is 18.5 Å². The molecule has 30 heavy (non-hydrogen) atoms. The maximum absolute atomic E-state index is 13.4. The van der Waals surface area contributed by atoms with E-state index in [1.165, 1.54) is 7.11 Å². The Morgan fingerprint density at radius 3 is 2.10 bits per heavy atom. The molecule has 2 amide bonds. The van der Waals surface area contributed by atoms with Gasteiger partial charge in [-0.25, -0.2) is 4.79 Å². The number of nitrogens with two attached hydrogens (primary N) is 1. The number of aromatic nitrogens is 1. The lowest BCUT2D eigenvalue weighted by atomic mass is 9.84. The van der Waals surface area contributed by atoms with Crippen molar-refractivity contribution in [3.8, 4) is 0 Å². The third kappa shape index (κ3) is 5.01. The van der Waals surface area contributed by atoms with Crippen molar-refractivity contribution in [2.45, 2.75) is 18.5 Å². The summed E-state index contributed by atoms with van der Waals surface area (Å²) in [7, 11) is 1.26. The summed E-state index contributed by atoms with van der Waals surface area (Å²) in [5.41, 5.74) is 8.56. The number of anilines is 1. The van der Waals surface area contributed by atoms with E-state index in [2.05, 4.69) is 15.6 Å². The fourth-order valence-electron chi connectivity index (χ4n) is 3.31. The average molecular weight is 404 g/mol. The van der Waals surface area contributed by atoms with E-state index < -0.39 is 24.0 Å². The highest BCUT2D eigenvalue weighted by Crippen LogP contribution is 2.29. The molecule has 1 atom stereocenters. The Kier molecular flexibility index (Phi) is 7.13. The maximum atomic E-state index is 13.4. The largest absolute Gasteiger partial charge is 0.453 e. The van der Waals surface area contributed by atoms with Crippen LogP contribution in [0.4, 0.5) is 10.5 Å². The normalized spacial score (nSPS) is 11.6. The number of amides is 2. The third-order valence-corrected chi connectivity index (χ3v) is 4.73. The summed E-state index contributed by atoms with van der Waals surface area (Å²) in [5, 5.41) is 5.56. The Morgan fingerprint density at radius 1 is 0.967 bits per heavy atom. The van der Waals surface area contributed by atoms with Gasteiger partial charge in [-0.2, -0.15) is 0 Å². The second kappa shape index (κ2) is 10.2. The van der Waals surface area contributed by atoms with Gasteiger partial charge in [-0.3, -0.25) is 9.78 Å². The fourth-order valence-corrected chi connectivity index (χ4v) is 3.31. The smallest absolute Gasteiger partial charge is 0.407 e. The summed E-state index contributed by atoms with van der Waals surface area (Å²) in [4.78, 5) is 29.7. The average Bonchev–Trinajstić information content (AvgIpc) is 2.80. The molecule has 4 N–H and O–H groups in total. The number of hydrogen-bond acceptors (Lipinski definition) is 5. The van der Waals surface area contributed by atoms with Gasteiger partial charge in [0.25, 0.3) is 0 Å². The van der Waals surface area contributed by atoms with Crippen LogP contribution in [0.2, 0.25) is 0 Å². The van der Waals surface area contributed by atoms with Gasteiger partial charge in [0, 0.05) is 18.7 Å². The molecule has 154 valence electrons. The standard InChI is InChI=1S/C23H24N4O3/c1-30-23(29)27-21(22(28)26-18-13-8-14-25-19(18)15-24)20(16-9-4-2-5-10-16)17-11-6-3-7-12-17/h2-14,20-21H,15,24H2,1H3,(H,26,28)(H,27,29). The van der Waals surface area contributed by atoms with Crippen LogP contribution >= 0.6 is 0 Å². The quantitative estimate of drug-likeness (QED) is 0.561. The lowest BCUT2D eigenvalue weighted by Crippen LogP contribution is -2.48. The van der Waals surface area contributed by atoms with Crippen LogP contribution in [-0.2, 0) is 16.1 Å². The Balaban J connectivity index is 2.03. The van der Waals surface area contributed by atoms with E-state index in [4.69, 9.17) is 10.5 Å². The molecule has 0 saturated heterocycles. The van der Waals surface area contributed by atoms with Crippen molar-refractivity contribution >= 4 is 17.7 Å². The Labute approximate surface area is 175 Å². The SMILES string of the molecule is COC(=O)NC(C(=O)Nc1cccnc1CN)C(c1ccccc1)c1ccccc1. The molecule has 0 aliphatic heterocycles. The molecule has 0 aliphatic carbocycles. The molecule has 1 unspecified atom stereocenters. The maximum Gasteiger partial charge on any atom is 0.407 e. The topological polar surface area (TPSA) is 106 Å². The van der Waals surface area contributed by atoms with Crippen LogP contribution in [-0.4, -0.2) is 30.1 Å². The highest BCUT2D eigenvalue weighted by molar-refractivity contribution is 5.98. The molecule has 7 heteroatoms. The molecule has 0 aliphatic rings. The summed E-state index contributed by atoms with van der Waals surface area (Å²) in [6.45, 7) is 0.173. The summed E-state index contributed by atoms with van der Waals surface area (Å²) in [5.74, 6) is -0.842. The van der Waals surface area contributed by atoms with E-state index in [0.717, 1.165) is 11.1 Å². The van der Waals surface area contributed by atoms with Crippen molar-refractivity contribution in [1.29, 1.82) is 0 Å². The number of carbonyl (C=O) groups excluding carboxylic acids is 2. The molecule has 2 aromatic carbocycles. The van der Waals surface area contributed by atoms with Crippen LogP contribution in [0.1, 0.15) is 22.7 Å². The number of ether oxygens (including phenoxy) is 1. The first-order chi connectivity index (χ1) is 14.6. The van der Waals surface area contributed by atoms with Gasteiger partial charge in [0.1, 0.15) is 6.04 Å². The number of rotatable bonds is 7. The van der Waals surface area contributed by atoms with Crippen molar-refractivity contribution in [2.75, 3.05) is 12.4 Å². The lowest BCUT2D eigenvalue weighted by molar-refractivity contribution is -0.118. The van der Waals surface area contributed by atoms with E-state index in [1.54, 1.807) is 18.3 Å². The van der Waals surface area contributed by atoms with E-state index in [9.17, 15) is 9.59 Å². The van der Waals surface area contributed by atoms with Gasteiger partial charge in [0.15, 0.2) is 0 Å². The zero-order chi connectivity index (χ0) is 21.3. The predicted octanol–water partition coefficient (Wildman–Crippen LogP) is 3.04. The van der Waals surface area contributed by atoms with E-state index in [-0.39, 0.29) is 6.54 Å². The lowest BCUT2D eigenvalue weighted by Gasteiger charge is -2.28. The molecule has 0 saturated carbocycles. The zero-order valence-electron chi connectivity index (χ0n) is 16.6. The van der Waals surface area contributed by atoms with Crippen LogP contribution in [0.25, 0.3) is 0 Å². The highest BCUT2D eigenvalue weighted by Gasteiger charge is 2.33. The first kappa shape index (κ1) is 21.0. The van der Waals surface area contributed by atoms with Crippen molar-refractivity contribution in [2.24, 2.45) is 5.73 Å². The van der Waals surface area contributed by atoms with Gasteiger partial charge in [0.2, 0.25) is 5.91 Å². The number of benzene rings is 2. The van der Waals surface area contributed by atoms with Gasteiger partial charge in [-0.05, 0) is 23.3 Å². The van der Waals surface area contributed by atoms with Crippen LogP contribution in [0.15, 0.2) is 79.0 Å². The molecule has 1 heterocycles. The van der Waals surface area contributed by atoms with Crippen LogP contribution in [0.3, 0.4) is 0 Å². The predicted molar refractivity (Wildman–Crippen MR) is 115 cm³/mol. The first-order valence-corrected chi connectivity index (χ1v) is 9.53. The van der Waals surface area contributed by atoms with E-state index >= 15 is 0 Å². The molecular formula is C23H24N4O3. The van der Waals surface area contributed by atoms with Gasteiger partial charge < -0.3 is 21.1 Å².